The van der Waals surface area contributed by atoms with Crippen molar-refractivity contribution in [2.75, 3.05) is 10.8 Å². The summed E-state index contributed by atoms with van der Waals surface area (Å²) in [7, 11) is -4.00. The van der Waals surface area contributed by atoms with Gasteiger partial charge in [0.25, 0.3) is 10.0 Å². The zero-order chi connectivity index (χ0) is 26.4. The monoisotopic (exact) mass is 512 g/mol. The Morgan fingerprint density at radius 2 is 1.30 bits per heavy atom. The van der Waals surface area contributed by atoms with Crippen LogP contribution in [-0.2, 0) is 21.2 Å². The van der Waals surface area contributed by atoms with Gasteiger partial charge in [-0.15, -0.1) is 0 Å². The summed E-state index contributed by atoms with van der Waals surface area (Å²) in [6, 6.07) is 31.3. The summed E-state index contributed by atoms with van der Waals surface area (Å²) in [6.07, 6.45) is 0.633. The van der Waals surface area contributed by atoms with Crippen molar-refractivity contribution in [2.24, 2.45) is 0 Å². The van der Waals surface area contributed by atoms with E-state index < -0.39 is 22.0 Å². The van der Waals surface area contributed by atoms with E-state index in [1.807, 2.05) is 87.5 Å². The van der Waals surface area contributed by atoms with E-state index >= 15 is 0 Å². The van der Waals surface area contributed by atoms with Crippen LogP contribution in [0.1, 0.15) is 40.8 Å². The number of amides is 1. The third kappa shape index (κ3) is 6.09. The molecular weight excluding hydrogens is 480 g/mol. The highest BCUT2D eigenvalue weighted by atomic mass is 32.2. The molecule has 1 N–H and O–H groups in total. The molecule has 0 aromatic heterocycles. The Morgan fingerprint density at radius 3 is 1.92 bits per heavy atom. The van der Waals surface area contributed by atoms with Gasteiger partial charge in [-0.05, 0) is 55.2 Å². The first kappa shape index (κ1) is 26.2. The van der Waals surface area contributed by atoms with E-state index in [-0.39, 0.29) is 11.4 Å². The molecule has 0 aliphatic heterocycles. The Balaban J connectivity index is 1.71. The minimum atomic E-state index is -4.00. The van der Waals surface area contributed by atoms with Crippen molar-refractivity contribution in [3.63, 3.8) is 0 Å². The molecule has 0 spiro atoms. The fraction of sp³-hybridized carbons (Fsp3) is 0.194. The molecule has 1 amide bonds. The molecule has 4 aromatic rings. The van der Waals surface area contributed by atoms with Crippen molar-refractivity contribution < 1.29 is 13.2 Å². The molecule has 0 heterocycles. The van der Waals surface area contributed by atoms with Crippen LogP contribution in [0, 0.1) is 13.8 Å². The van der Waals surface area contributed by atoms with Crippen LogP contribution in [-0.4, -0.2) is 20.9 Å². The minimum Gasteiger partial charge on any atom is -0.344 e. The molecule has 37 heavy (non-hydrogen) atoms. The molecule has 0 aliphatic rings. The Kier molecular flexibility index (Phi) is 8.09. The lowest BCUT2D eigenvalue weighted by Crippen LogP contribution is -2.42. The van der Waals surface area contributed by atoms with Gasteiger partial charge < -0.3 is 5.32 Å². The van der Waals surface area contributed by atoms with Gasteiger partial charge in [0.15, 0.2) is 0 Å². The number of nitrogens with zero attached hydrogens (tertiary/aromatic N) is 1. The number of rotatable bonds is 9. The van der Waals surface area contributed by atoms with Gasteiger partial charge in [-0.1, -0.05) is 103 Å². The Morgan fingerprint density at radius 1 is 0.757 bits per heavy atom. The highest BCUT2D eigenvalue weighted by Crippen LogP contribution is 2.28. The van der Waals surface area contributed by atoms with E-state index in [0.717, 1.165) is 27.8 Å². The second kappa shape index (κ2) is 11.4. The van der Waals surface area contributed by atoms with Crippen LogP contribution >= 0.6 is 0 Å². The SMILES string of the molecule is CCc1ccccc1N(CC(=O)N[C@@H](c1ccccc1)c1ccc(C)cc1)S(=O)(=O)c1ccc(C)cc1. The van der Waals surface area contributed by atoms with E-state index in [1.54, 1.807) is 36.4 Å². The van der Waals surface area contributed by atoms with Crippen LogP contribution in [0.2, 0.25) is 0 Å². The van der Waals surface area contributed by atoms with Gasteiger partial charge >= 0.3 is 0 Å². The standard InChI is InChI=1S/C31H32N2O3S/c1-4-25-10-8-9-13-29(25)33(37(35,36)28-20-16-24(3)17-21-28)22-30(34)32-31(26-11-6-5-7-12-26)27-18-14-23(2)15-19-27/h5-21,31H,4,22H2,1-3H3,(H,32,34)/t31-/m0/s1. The van der Waals surface area contributed by atoms with Crippen LogP contribution in [0.5, 0.6) is 0 Å². The van der Waals surface area contributed by atoms with Crippen molar-refractivity contribution in [2.45, 2.75) is 38.1 Å². The highest BCUT2D eigenvalue weighted by molar-refractivity contribution is 7.92. The molecule has 0 bridgehead atoms. The number of para-hydroxylation sites is 1. The average molecular weight is 513 g/mol. The summed E-state index contributed by atoms with van der Waals surface area (Å²) in [5, 5.41) is 3.09. The summed E-state index contributed by atoms with van der Waals surface area (Å²) in [5.74, 6) is -0.393. The van der Waals surface area contributed by atoms with E-state index in [2.05, 4.69) is 5.32 Å². The maximum absolute atomic E-state index is 13.9. The molecule has 0 fully saturated rings. The fourth-order valence-corrected chi connectivity index (χ4v) is 5.75. The smallest absolute Gasteiger partial charge is 0.264 e. The molecule has 0 radical (unpaired) electrons. The predicted molar refractivity (Wildman–Crippen MR) is 149 cm³/mol. The van der Waals surface area contributed by atoms with E-state index in [0.29, 0.717) is 12.1 Å². The Labute approximate surface area is 219 Å². The number of anilines is 1. The zero-order valence-electron chi connectivity index (χ0n) is 21.4. The maximum Gasteiger partial charge on any atom is 0.264 e. The minimum absolute atomic E-state index is 0.148. The van der Waals surface area contributed by atoms with Gasteiger partial charge in [0.1, 0.15) is 6.54 Å². The van der Waals surface area contributed by atoms with Crippen molar-refractivity contribution >= 4 is 21.6 Å². The van der Waals surface area contributed by atoms with Gasteiger partial charge in [0.05, 0.1) is 16.6 Å². The molecule has 190 valence electrons. The molecule has 5 nitrogen and oxygen atoms in total. The van der Waals surface area contributed by atoms with E-state index in [1.165, 1.54) is 4.31 Å². The summed E-state index contributed by atoms with van der Waals surface area (Å²) in [4.78, 5) is 13.7. The lowest BCUT2D eigenvalue weighted by Gasteiger charge is -2.27. The lowest BCUT2D eigenvalue weighted by molar-refractivity contribution is -0.120. The number of hydrogen-bond donors (Lipinski definition) is 1. The van der Waals surface area contributed by atoms with Crippen LogP contribution < -0.4 is 9.62 Å². The first-order valence-corrected chi connectivity index (χ1v) is 13.8. The molecule has 4 rings (SSSR count). The first-order chi connectivity index (χ1) is 17.8. The normalized spacial score (nSPS) is 12.1. The molecule has 0 unspecified atom stereocenters. The molecular formula is C31H32N2O3S. The second-order valence-electron chi connectivity index (χ2n) is 9.13. The number of hydrogen-bond acceptors (Lipinski definition) is 3. The molecule has 0 saturated carbocycles. The first-order valence-electron chi connectivity index (χ1n) is 12.4. The zero-order valence-corrected chi connectivity index (χ0v) is 22.2. The van der Waals surface area contributed by atoms with E-state index in [4.69, 9.17) is 0 Å². The van der Waals surface area contributed by atoms with Gasteiger partial charge in [-0.3, -0.25) is 9.10 Å². The van der Waals surface area contributed by atoms with Gasteiger partial charge in [-0.25, -0.2) is 8.42 Å². The maximum atomic E-state index is 13.9. The molecule has 1 atom stereocenters. The molecule has 6 heteroatoms. The highest BCUT2D eigenvalue weighted by Gasteiger charge is 2.29. The Bertz CT molecular complexity index is 1450. The van der Waals surface area contributed by atoms with Gasteiger partial charge in [0, 0.05) is 0 Å². The number of carbonyl (C=O) groups excluding carboxylic acids is 1. The molecule has 0 saturated heterocycles. The summed E-state index contributed by atoms with van der Waals surface area (Å²) < 4.78 is 28.9. The topological polar surface area (TPSA) is 66.5 Å². The van der Waals surface area contributed by atoms with Crippen molar-refractivity contribution in [1.29, 1.82) is 0 Å². The van der Waals surface area contributed by atoms with Crippen LogP contribution in [0.15, 0.2) is 108 Å². The van der Waals surface area contributed by atoms with Crippen LogP contribution in [0.4, 0.5) is 5.69 Å². The number of benzene rings is 4. The third-order valence-electron chi connectivity index (χ3n) is 6.39. The Hall–Kier alpha value is -3.90. The fourth-order valence-electron chi connectivity index (χ4n) is 4.29. The summed E-state index contributed by atoms with van der Waals surface area (Å²) in [5.41, 5.74) is 5.28. The van der Waals surface area contributed by atoms with Gasteiger partial charge in [-0.2, -0.15) is 0 Å². The van der Waals surface area contributed by atoms with Crippen LogP contribution in [0.25, 0.3) is 0 Å². The number of aryl methyl sites for hydroxylation is 3. The predicted octanol–water partition coefficient (Wildman–Crippen LogP) is 5.97. The van der Waals surface area contributed by atoms with E-state index in [9.17, 15) is 13.2 Å². The summed E-state index contributed by atoms with van der Waals surface area (Å²) in [6.45, 7) is 5.54. The van der Waals surface area contributed by atoms with Crippen molar-refractivity contribution in [3.8, 4) is 0 Å². The van der Waals surface area contributed by atoms with Crippen molar-refractivity contribution in [1.82, 2.24) is 5.32 Å². The number of nitrogens with one attached hydrogen (secondary N) is 1. The second-order valence-corrected chi connectivity index (χ2v) is 11.0. The quantitative estimate of drug-likeness (QED) is 0.301. The van der Waals surface area contributed by atoms with Crippen LogP contribution in [0.3, 0.4) is 0 Å². The third-order valence-corrected chi connectivity index (χ3v) is 8.16. The largest absolute Gasteiger partial charge is 0.344 e. The number of sulfonamides is 1. The molecule has 4 aromatic carbocycles. The number of carbonyl (C=O) groups is 1. The summed E-state index contributed by atoms with van der Waals surface area (Å²) >= 11 is 0. The lowest BCUT2D eigenvalue weighted by atomic mass is 9.98. The van der Waals surface area contributed by atoms with Crippen molar-refractivity contribution in [3.05, 3.63) is 131 Å². The van der Waals surface area contributed by atoms with Gasteiger partial charge in [0.2, 0.25) is 5.91 Å². The molecule has 0 aliphatic carbocycles. The average Bonchev–Trinajstić information content (AvgIpc) is 2.91.